The monoisotopic (exact) mass is 264 g/mol. The Morgan fingerprint density at radius 2 is 2.00 bits per heavy atom. The molecule has 1 aliphatic carbocycles. The molecule has 0 aromatic heterocycles. The Bertz CT molecular complexity index is 358. The first-order valence-corrected chi connectivity index (χ1v) is 7.63. The van der Waals surface area contributed by atoms with Gasteiger partial charge < -0.3 is 4.90 Å². The molecule has 106 valence electrons. The molecule has 2 bridgehead atoms. The molecule has 3 atom stereocenters. The molecule has 2 amide bonds. The van der Waals surface area contributed by atoms with Crippen molar-refractivity contribution in [3.63, 3.8) is 0 Å². The number of urea groups is 1. The predicted molar refractivity (Wildman–Crippen MR) is 73.4 cm³/mol. The summed E-state index contributed by atoms with van der Waals surface area (Å²) in [5.41, 5.74) is 0. The second-order valence-corrected chi connectivity index (χ2v) is 6.08. The van der Waals surface area contributed by atoms with E-state index in [2.05, 4.69) is 6.58 Å². The van der Waals surface area contributed by atoms with Gasteiger partial charge in [-0.05, 0) is 24.7 Å². The molecule has 3 fully saturated rings. The maximum Gasteiger partial charge on any atom is 0.344 e. The largest absolute Gasteiger partial charge is 0.344 e. The molecular weight excluding hydrogens is 240 g/mol. The Labute approximate surface area is 115 Å². The van der Waals surface area contributed by atoms with Crippen molar-refractivity contribution in [3.8, 4) is 0 Å². The smallest absolute Gasteiger partial charge is 0.320 e. The molecule has 3 rings (SSSR count). The van der Waals surface area contributed by atoms with E-state index in [0.717, 1.165) is 13.1 Å². The van der Waals surface area contributed by atoms with Crippen molar-refractivity contribution < 1.29 is 9.63 Å². The highest BCUT2D eigenvalue weighted by Gasteiger charge is 2.49. The molecule has 0 spiro atoms. The minimum atomic E-state index is 0.0681. The van der Waals surface area contributed by atoms with Gasteiger partial charge in [-0.25, -0.2) is 4.79 Å². The summed E-state index contributed by atoms with van der Waals surface area (Å²) in [4.78, 5) is 19.9. The molecule has 2 aliphatic heterocycles. The highest BCUT2D eigenvalue weighted by atomic mass is 16.7. The number of hydroxylamine groups is 2. The van der Waals surface area contributed by atoms with Crippen molar-refractivity contribution in [2.75, 3.05) is 19.7 Å². The minimum absolute atomic E-state index is 0.0681. The fourth-order valence-electron chi connectivity index (χ4n) is 4.01. The summed E-state index contributed by atoms with van der Waals surface area (Å²) in [6.07, 6.45) is 9.58. The molecule has 0 N–H and O–H groups in total. The van der Waals surface area contributed by atoms with Crippen LogP contribution in [0.1, 0.15) is 38.5 Å². The molecule has 2 saturated heterocycles. The number of piperidine rings is 1. The van der Waals surface area contributed by atoms with Crippen LogP contribution < -0.4 is 0 Å². The van der Waals surface area contributed by atoms with Gasteiger partial charge in [-0.15, -0.1) is 6.58 Å². The molecule has 0 radical (unpaired) electrons. The average molecular weight is 264 g/mol. The van der Waals surface area contributed by atoms with Crippen LogP contribution in [-0.4, -0.2) is 41.7 Å². The van der Waals surface area contributed by atoms with E-state index < -0.39 is 0 Å². The minimum Gasteiger partial charge on any atom is -0.320 e. The van der Waals surface area contributed by atoms with Crippen LogP contribution in [0.2, 0.25) is 0 Å². The summed E-state index contributed by atoms with van der Waals surface area (Å²) in [5, 5.41) is 1.65. The number of nitrogens with zero attached hydrogens (tertiary/aromatic N) is 2. The highest BCUT2D eigenvalue weighted by Crippen LogP contribution is 2.40. The van der Waals surface area contributed by atoms with Crippen molar-refractivity contribution >= 4 is 6.03 Å². The Kier molecular flexibility index (Phi) is 3.78. The van der Waals surface area contributed by atoms with Gasteiger partial charge in [0.1, 0.15) is 0 Å². The van der Waals surface area contributed by atoms with Gasteiger partial charge in [0.05, 0.1) is 12.6 Å². The zero-order valence-electron chi connectivity index (χ0n) is 11.6. The molecule has 3 aliphatic rings. The first kappa shape index (κ1) is 13.0. The van der Waals surface area contributed by atoms with E-state index in [1.807, 2.05) is 4.90 Å². The maximum absolute atomic E-state index is 12.3. The number of amides is 2. The van der Waals surface area contributed by atoms with Gasteiger partial charge in [0.2, 0.25) is 0 Å². The van der Waals surface area contributed by atoms with Gasteiger partial charge in [0.15, 0.2) is 0 Å². The quantitative estimate of drug-likeness (QED) is 0.734. The van der Waals surface area contributed by atoms with Gasteiger partial charge in [-0.1, -0.05) is 31.8 Å². The number of hydrogen-bond donors (Lipinski definition) is 0. The van der Waals surface area contributed by atoms with Crippen LogP contribution in [0.15, 0.2) is 12.7 Å². The van der Waals surface area contributed by atoms with Crippen molar-refractivity contribution in [1.29, 1.82) is 0 Å². The predicted octanol–water partition coefficient (Wildman–Crippen LogP) is 2.81. The Morgan fingerprint density at radius 3 is 2.79 bits per heavy atom. The lowest BCUT2D eigenvalue weighted by atomic mass is 9.75. The summed E-state index contributed by atoms with van der Waals surface area (Å²) < 4.78 is 0. The first-order chi connectivity index (χ1) is 9.31. The Balaban J connectivity index is 1.76. The van der Waals surface area contributed by atoms with Gasteiger partial charge in [-0.3, -0.25) is 4.84 Å². The van der Waals surface area contributed by atoms with Gasteiger partial charge >= 0.3 is 6.03 Å². The van der Waals surface area contributed by atoms with Crippen molar-refractivity contribution in [3.05, 3.63) is 12.7 Å². The molecule has 4 heteroatoms. The normalized spacial score (nSPS) is 34.7. The van der Waals surface area contributed by atoms with E-state index in [-0.39, 0.29) is 12.1 Å². The molecular formula is C15H24N2O2. The van der Waals surface area contributed by atoms with Crippen LogP contribution in [0.5, 0.6) is 0 Å². The lowest BCUT2D eigenvalue weighted by Crippen LogP contribution is -2.45. The molecule has 0 aromatic rings. The Morgan fingerprint density at radius 1 is 1.21 bits per heavy atom. The van der Waals surface area contributed by atoms with Gasteiger partial charge in [-0.2, -0.15) is 5.06 Å². The van der Waals surface area contributed by atoms with E-state index in [9.17, 15) is 4.79 Å². The zero-order chi connectivity index (χ0) is 13.2. The third kappa shape index (κ3) is 2.38. The number of carbonyl (C=O) groups excluding carboxylic acids is 1. The van der Waals surface area contributed by atoms with E-state index in [0.29, 0.717) is 18.4 Å². The average Bonchev–Trinajstić information content (AvgIpc) is 2.63. The molecule has 19 heavy (non-hydrogen) atoms. The van der Waals surface area contributed by atoms with Crippen LogP contribution in [0.4, 0.5) is 4.79 Å². The summed E-state index contributed by atoms with van der Waals surface area (Å²) in [6, 6.07) is 0.336. The molecule has 4 nitrogen and oxygen atoms in total. The third-order valence-electron chi connectivity index (χ3n) is 4.92. The molecule has 0 aromatic carbocycles. The lowest BCUT2D eigenvalue weighted by molar-refractivity contribution is -0.133. The second kappa shape index (κ2) is 5.53. The topological polar surface area (TPSA) is 32.8 Å². The van der Waals surface area contributed by atoms with Crippen LogP contribution in [-0.2, 0) is 4.84 Å². The van der Waals surface area contributed by atoms with Gasteiger partial charge in [0, 0.05) is 13.1 Å². The van der Waals surface area contributed by atoms with E-state index in [1.54, 1.807) is 11.1 Å². The van der Waals surface area contributed by atoms with Crippen LogP contribution in [0.25, 0.3) is 0 Å². The summed E-state index contributed by atoms with van der Waals surface area (Å²) in [7, 11) is 0. The number of fused-ring (bicyclic) bond motifs is 4. The van der Waals surface area contributed by atoms with Crippen LogP contribution in [0, 0.1) is 11.8 Å². The number of carbonyl (C=O) groups is 1. The van der Waals surface area contributed by atoms with Crippen molar-refractivity contribution in [2.24, 2.45) is 11.8 Å². The van der Waals surface area contributed by atoms with Crippen molar-refractivity contribution in [1.82, 2.24) is 9.96 Å². The van der Waals surface area contributed by atoms with E-state index >= 15 is 0 Å². The molecule has 2 heterocycles. The zero-order valence-corrected chi connectivity index (χ0v) is 11.6. The Hall–Kier alpha value is -1.03. The lowest BCUT2D eigenvalue weighted by Gasteiger charge is -2.39. The molecule has 2 unspecified atom stereocenters. The highest BCUT2D eigenvalue weighted by molar-refractivity contribution is 5.76. The van der Waals surface area contributed by atoms with Crippen molar-refractivity contribution in [2.45, 2.75) is 44.6 Å². The van der Waals surface area contributed by atoms with E-state index in [4.69, 9.17) is 4.84 Å². The van der Waals surface area contributed by atoms with Crippen LogP contribution >= 0.6 is 0 Å². The van der Waals surface area contributed by atoms with E-state index in [1.165, 1.54) is 38.5 Å². The number of rotatable bonds is 3. The summed E-state index contributed by atoms with van der Waals surface area (Å²) in [6.45, 7) is 5.89. The third-order valence-corrected chi connectivity index (χ3v) is 4.92. The summed E-state index contributed by atoms with van der Waals surface area (Å²) in [5.74, 6) is 1.31. The maximum atomic E-state index is 12.3. The number of hydrogen-bond acceptors (Lipinski definition) is 2. The summed E-state index contributed by atoms with van der Waals surface area (Å²) >= 11 is 0. The fourth-order valence-corrected chi connectivity index (χ4v) is 4.01. The van der Waals surface area contributed by atoms with Gasteiger partial charge in [0.25, 0.3) is 0 Å². The van der Waals surface area contributed by atoms with Crippen LogP contribution in [0.3, 0.4) is 0 Å². The standard InChI is InChI=1S/C15H24N2O2/c1-2-9-19-17-14-11-16(15(17)18)10-12-7-5-3-4-6-8-13(12)14/h2,12-14H,1,3-11H2/t12?,13?,14-/m0/s1. The first-order valence-electron chi connectivity index (χ1n) is 7.63. The molecule has 1 saturated carbocycles. The second-order valence-electron chi connectivity index (χ2n) is 6.08. The SMILES string of the molecule is C=CCON1C(=O)N2CC3CCCCCCC3[C@@H]1C2. The fraction of sp³-hybridized carbons (Fsp3) is 0.800.